The monoisotopic (exact) mass is 342 g/mol. The Kier molecular flexibility index (Phi) is 4.91. The summed E-state index contributed by atoms with van der Waals surface area (Å²) in [5, 5.41) is 6.84. The van der Waals surface area contributed by atoms with Crippen molar-refractivity contribution >= 4 is 29.1 Å². The third kappa shape index (κ3) is 4.20. The van der Waals surface area contributed by atoms with Crippen molar-refractivity contribution in [1.29, 1.82) is 0 Å². The molecule has 0 amide bonds. The molecule has 0 radical (unpaired) electrons. The maximum Gasteiger partial charge on any atom is 0.229 e. The third-order valence-electron chi connectivity index (χ3n) is 3.36. The number of benzene rings is 2. The standard InChI is InChI=1S/C18H16ClFN4/c1-12-10-17(21-11-13-6-8-14(19)9-7-13)24-18(22-12)23-16-5-3-2-4-15(16)20/h2-10H,11H2,1H3,(H2,21,22,23,24). The first-order valence-electron chi connectivity index (χ1n) is 7.46. The lowest BCUT2D eigenvalue weighted by Crippen LogP contribution is -2.06. The zero-order chi connectivity index (χ0) is 16.9. The Balaban J connectivity index is 1.74. The van der Waals surface area contributed by atoms with Crippen molar-refractivity contribution in [2.75, 3.05) is 10.6 Å². The lowest BCUT2D eigenvalue weighted by molar-refractivity contribution is 0.631. The van der Waals surface area contributed by atoms with Crippen molar-refractivity contribution in [3.05, 3.63) is 76.7 Å². The Labute approximate surface area is 144 Å². The quantitative estimate of drug-likeness (QED) is 0.690. The fraction of sp³-hybridized carbons (Fsp3) is 0.111. The normalized spacial score (nSPS) is 10.5. The van der Waals surface area contributed by atoms with Crippen LogP contribution >= 0.6 is 11.6 Å². The molecule has 0 aliphatic rings. The summed E-state index contributed by atoms with van der Waals surface area (Å²) in [7, 11) is 0. The first-order chi connectivity index (χ1) is 11.6. The summed E-state index contributed by atoms with van der Waals surface area (Å²) in [6.07, 6.45) is 0. The van der Waals surface area contributed by atoms with Gasteiger partial charge in [-0.25, -0.2) is 9.37 Å². The highest BCUT2D eigenvalue weighted by Gasteiger charge is 2.06. The van der Waals surface area contributed by atoms with Gasteiger partial charge in [-0.15, -0.1) is 0 Å². The van der Waals surface area contributed by atoms with E-state index in [0.29, 0.717) is 29.0 Å². The van der Waals surface area contributed by atoms with Crippen molar-refractivity contribution in [2.24, 2.45) is 0 Å². The molecule has 0 fully saturated rings. The number of para-hydroxylation sites is 1. The van der Waals surface area contributed by atoms with Crippen molar-refractivity contribution in [2.45, 2.75) is 13.5 Å². The molecule has 3 aromatic rings. The van der Waals surface area contributed by atoms with Crippen LogP contribution in [0.4, 0.5) is 21.8 Å². The minimum absolute atomic E-state index is 0.340. The van der Waals surface area contributed by atoms with Gasteiger partial charge in [0.15, 0.2) is 0 Å². The smallest absolute Gasteiger partial charge is 0.229 e. The summed E-state index contributed by atoms with van der Waals surface area (Å²) in [4.78, 5) is 8.67. The molecule has 24 heavy (non-hydrogen) atoms. The molecule has 0 aliphatic heterocycles. The highest BCUT2D eigenvalue weighted by Crippen LogP contribution is 2.19. The van der Waals surface area contributed by atoms with Crippen LogP contribution in [-0.2, 0) is 6.54 Å². The molecule has 2 aromatic carbocycles. The van der Waals surface area contributed by atoms with Gasteiger partial charge < -0.3 is 10.6 Å². The van der Waals surface area contributed by atoms with E-state index < -0.39 is 0 Å². The Morgan fingerprint density at radius 3 is 2.54 bits per heavy atom. The van der Waals surface area contributed by atoms with Gasteiger partial charge >= 0.3 is 0 Å². The van der Waals surface area contributed by atoms with Gasteiger partial charge in [-0.2, -0.15) is 4.98 Å². The number of nitrogens with one attached hydrogen (secondary N) is 2. The maximum atomic E-state index is 13.7. The van der Waals surface area contributed by atoms with E-state index in [1.807, 2.05) is 37.3 Å². The predicted octanol–water partition coefficient (Wildman–Crippen LogP) is 4.93. The number of aryl methyl sites for hydroxylation is 1. The summed E-state index contributed by atoms with van der Waals surface area (Å²) in [5.41, 5.74) is 2.20. The second-order valence-corrected chi connectivity index (χ2v) is 5.74. The van der Waals surface area contributed by atoms with Gasteiger partial charge in [0.25, 0.3) is 0 Å². The van der Waals surface area contributed by atoms with E-state index in [1.54, 1.807) is 18.2 Å². The molecule has 0 aliphatic carbocycles. The molecular formula is C18H16ClFN4. The summed E-state index contributed by atoms with van der Waals surface area (Å²) >= 11 is 5.88. The molecule has 4 nitrogen and oxygen atoms in total. The number of rotatable bonds is 5. The van der Waals surface area contributed by atoms with Gasteiger partial charge in [0.1, 0.15) is 11.6 Å². The van der Waals surface area contributed by atoms with Crippen LogP contribution in [0.25, 0.3) is 0 Å². The van der Waals surface area contributed by atoms with Crippen molar-refractivity contribution in [3.63, 3.8) is 0 Å². The zero-order valence-electron chi connectivity index (χ0n) is 13.1. The zero-order valence-corrected chi connectivity index (χ0v) is 13.8. The van der Waals surface area contributed by atoms with E-state index >= 15 is 0 Å². The molecule has 1 aromatic heterocycles. The van der Waals surface area contributed by atoms with Gasteiger partial charge in [-0.3, -0.25) is 0 Å². The Morgan fingerprint density at radius 2 is 1.79 bits per heavy atom. The molecule has 0 unspecified atom stereocenters. The second kappa shape index (κ2) is 7.27. The molecule has 3 rings (SSSR count). The highest BCUT2D eigenvalue weighted by atomic mass is 35.5. The molecule has 0 atom stereocenters. The fourth-order valence-corrected chi connectivity index (χ4v) is 2.32. The number of aromatic nitrogens is 2. The van der Waals surface area contributed by atoms with E-state index in [0.717, 1.165) is 11.3 Å². The van der Waals surface area contributed by atoms with Crippen LogP contribution < -0.4 is 10.6 Å². The van der Waals surface area contributed by atoms with Crippen LogP contribution in [0, 0.1) is 12.7 Å². The van der Waals surface area contributed by atoms with Gasteiger partial charge in [0, 0.05) is 23.3 Å². The third-order valence-corrected chi connectivity index (χ3v) is 3.61. The van der Waals surface area contributed by atoms with Crippen molar-refractivity contribution in [3.8, 4) is 0 Å². The average molecular weight is 343 g/mol. The van der Waals surface area contributed by atoms with Crippen LogP contribution in [0.2, 0.25) is 5.02 Å². The van der Waals surface area contributed by atoms with Gasteiger partial charge in [-0.05, 0) is 36.8 Å². The SMILES string of the molecule is Cc1cc(NCc2ccc(Cl)cc2)nc(Nc2ccccc2F)n1. The van der Waals surface area contributed by atoms with Crippen molar-refractivity contribution < 1.29 is 4.39 Å². The van der Waals surface area contributed by atoms with Crippen LogP contribution in [0.15, 0.2) is 54.6 Å². The predicted molar refractivity (Wildman–Crippen MR) is 95.2 cm³/mol. The molecule has 0 saturated carbocycles. The molecule has 0 spiro atoms. The van der Waals surface area contributed by atoms with Crippen LogP contribution in [0.5, 0.6) is 0 Å². The number of anilines is 3. The van der Waals surface area contributed by atoms with E-state index in [1.165, 1.54) is 6.07 Å². The summed E-state index contributed by atoms with van der Waals surface area (Å²) in [5.74, 6) is 0.660. The molecule has 6 heteroatoms. The summed E-state index contributed by atoms with van der Waals surface area (Å²) in [6.45, 7) is 2.47. The van der Waals surface area contributed by atoms with Gasteiger partial charge in [0.05, 0.1) is 5.69 Å². The van der Waals surface area contributed by atoms with E-state index in [-0.39, 0.29) is 5.82 Å². The number of hydrogen-bond acceptors (Lipinski definition) is 4. The lowest BCUT2D eigenvalue weighted by Gasteiger charge is -2.10. The van der Waals surface area contributed by atoms with E-state index in [9.17, 15) is 4.39 Å². The molecule has 2 N–H and O–H groups in total. The average Bonchev–Trinajstić information content (AvgIpc) is 2.56. The number of nitrogens with zero attached hydrogens (tertiary/aromatic N) is 2. The summed E-state index contributed by atoms with van der Waals surface area (Å²) < 4.78 is 13.7. The Morgan fingerprint density at radius 1 is 1.04 bits per heavy atom. The lowest BCUT2D eigenvalue weighted by atomic mass is 10.2. The fourth-order valence-electron chi connectivity index (χ4n) is 2.19. The molecule has 0 saturated heterocycles. The van der Waals surface area contributed by atoms with Gasteiger partial charge in [0.2, 0.25) is 5.95 Å². The maximum absolute atomic E-state index is 13.7. The van der Waals surface area contributed by atoms with Gasteiger partial charge in [-0.1, -0.05) is 35.9 Å². The largest absolute Gasteiger partial charge is 0.366 e. The molecular weight excluding hydrogens is 327 g/mol. The minimum atomic E-state index is -0.349. The Hall–Kier alpha value is -2.66. The van der Waals surface area contributed by atoms with E-state index in [2.05, 4.69) is 20.6 Å². The second-order valence-electron chi connectivity index (χ2n) is 5.30. The molecule has 0 bridgehead atoms. The minimum Gasteiger partial charge on any atom is -0.366 e. The van der Waals surface area contributed by atoms with Crippen LogP contribution in [0.1, 0.15) is 11.3 Å². The Bertz CT molecular complexity index is 837. The number of hydrogen-bond donors (Lipinski definition) is 2. The van der Waals surface area contributed by atoms with Crippen molar-refractivity contribution in [1.82, 2.24) is 9.97 Å². The number of halogens is 2. The summed E-state index contributed by atoms with van der Waals surface area (Å²) in [6, 6.07) is 15.8. The first kappa shape index (κ1) is 16.2. The van der Waals surface area contributed by atoms with Crippen LogP contribution in [0.3, 0.4) is 0 Å². The highest BCUT2D eigenvalue weighted by molar-refractivity contribution is 6.30. The van der Waals surface area contributed by atoms with E-state index in [4.69, 9.17) is 11.6 Å². The molecule has 1 heterocycles. The van der Waals surface area contributed by atoms with Crippen LogP contribution in [-0.4, -0.2) is 9.97 Å². The topological polar surface area (TPSA) is 49.8 Å². The first-order valence-corrected chi connectivity index (χ1v) is 7.83. The molecule has 122 valence electrons.